The van der Waals surface area contributed by atoms with Gasteiger partial charge in [-0.05, 0) is 40.3 Å². The first-order valence-electron chi connectivity index (χ1n) is 4.38. The molecule has 2 heterocycles. The molecule has 0 aliphatic heterocycles. The number of hydrogen-bond acceptors (Lipinski definition) is 3. The van der Waals surface area contributed by atoms with Crippen LogP contribution in [0, 0.1) is 3.57 Å². The standard InChI is InChI=1S/C10H8IN3O/c11-8-6-13-9(14-10(8)15)5-7-1-3-12-4-2-7/h1-4,6H,5H2,(H,13,14,15). The third-order valence-corrected chi connectivity index (χ3v) is 2.70. The second kappa shape index (κ2) is 4.52. The second-order valence-electron chi connectivity index (χ2n) is 3.04. The molecular formula is C10H8IN3O. The number of hydrogen-bond donors (Lipinski definition) is 1. The SMILES string of the molecule is O=c1[nH]c(Cc2ccncc2)ncc1I. The molecule has 2 aromatic heterocycles. The average Bonchev–Trinajstić information content (AvgIpc) is 2.25. The molecule has 0 amide bonds. The van der Waals surface area contributed by atoms with E-state index in [2.05, 4.69) is 15.0 Å². The van der Waals surface area contributed by atoms with Crippen molar-refractivity contribution >= 4 is 22.6 Å². The Morgan fingerprint density at radius 1 is 1.33 bits per heavy atom. The molecule has 0 unspecified atom stereocenters. The fourth-order valence-electron chi connectivity index (χ4n) is 1.20. The predicted molar refractivity (Wildman–Crippen MR) is 64.6 cm³/mol. The number of aromatic amines is 1. The average molecular weight is 313 g/mol. The highest BCUT2D eigenvalue weighted by Crippen LogP contribution is 2.02. The van der Waals surface area contributed by atoms with Gasteiger partial charge < -0.3 is 4.98 Å². The minimum absolute atomic E-state index is 0.0883. The van der Waals surface area contributed by atoms with Crippen LogP contribution in [0.5, 0.6) is 0 Å². The van der Waals surface area contributed by atoms with Crippen molar-refractivity contribution in [3.63, 3.8) is 0 Å². The highest BCUT2D eigenvalue weighted by molar-refractivity contribution is 14.1. The van der Waals surface area contributed by atoms with Gasteiger partial charge in [-0.3, -0.25) is 9.78 Å². The third-order valence-electron chi connectivity index (χ3n) is 1.93. The maximum absolute atomic E-state index is 11.3. The number of halogens is 1. The molecule has 5 heteroatoms. The number of rotatable bonds is 2. The molecule has 76 valence electrons. The zero-order chi connectivity index (χ0) is 10.7. The topological polar surface area (TPSA) is 58.6 Å². The van der Waals surface area contributed by atoms with Crippen molar-refractivity contribution < 1.29 is 0 Å². The van der Waals surface area contributed by atoms with Crippen LogP contribution in [0.4, 0.5) is 0 Å². The fraction of sp³-hybridized carbons (Fsp3) is 0.100. The molecular weight excluding hydrogens is 305 g/mol. The molecule has 0 aliphatic rings. The van der Waals surface area contributed by atoms with Crippen molar-refractivity contribution in [2.75, 3.05) is 0 Å². The molecule has 0 saturated heterocycles. The van der Waals surface area contributed by atoms with Crippen LogP contribution < -0.4 is 5.56 Å². The first-order chi connectivity index (χ1) is 7.25. The van der Waals surface area contributed by atoms with E-state index in [0.29, 0.717) is 15.8 Å². The summed E-state index contributed by atoms with van der Waals surface area (Å²) in [5, 5.41) is 0. The molecule has 0 aromatic carbocycles. The lowest BCUT2D eigenvalue weighted by Gasteiger charge is -2.00. The molecule has 0 bridgehead atoms. The van der Waals surface area contributed by atoms with Crippen LogP contribution in [0.3, 0.4) is 0 Å². The van der Waals surface area contributed by atoms with Gasteiger partial charge in [0.25, 0.3) is 5.56 Å². The summed E-state index contributed by atoms with van der Waals surface area (Å²) >= 11 is 1.96. The van der Waals surface area contributed by atoms with Crippen LogP contribution in [0.1, 0.15) is 11.4 Å². The Bertz CT molecular complexity index is 510. The van der Waals surface area contributed by atoms with Gasteiger partial charge in [-0.25, -0.2) is 4.98 Å². The summed E-state index contributed by atoms with van der Waals surface area (Å²) in [5.41, 5.74) is 0.990. The van der Waals surface area contributed by atoms with Gasteiger partial charge in [0.05, 0.1) is 3.57 Å². The van der Waals surface area contributed by atoms with E-state index >= 15 is 0 Å². The van der Waals surface area contributed by atoms with Crippen LogP contribution >= 0.6 is 22.6 Å². The molecule has 4 nitrogen and oxygen atoms in total. The third kappa shape index (κ3) is 2.62. The maximum Gasteiger partial charge on any atom is 0.264 e. The lowest BCUT2D eigenvalue weighted by Crippen LogP contribution is -2.13. The highest BCUT2D eigenvalue weighted by Gasteiger charge is 2.00. The Labute approximate surface area is 99.9 Å². The Morgan fingerprint density at radius 3 is 2.73 bits per heavy atom. The van der Waals surface area contributed by atoms with Gasteiger partial charge in [0, 0.05) is 25.0 Å². The van der Waals surface area contributed by atoms with Gasteiger partial charge in [-0.2, -0.15) is 0 Å². The van der Waals surface area contributed by atoms with E-state index in [9.17, 15) is 4.79 Å². The molecule has 2 aromatic rings. The van der Waals surface area contributed by atoms with E-state index in [0.717, 1.165) is 5.56 Å². The van der Waals surface area contributed by atoms with Crippen molar-refractivity contribution in [3.05, 3.63) is 56.0 Å². The minimum Gasteiger partial charge on any atom is -0.309 e. The molecule has 0 fully saturated rings. The van der Waals surface area contributed by atoms with Crippen molar-refractivity contribution in [1.82, 2.24) is 15.0 Å². The zero-order valence-corrected chi connectivity index (χ0v) is 9.93. The van der Waals surface area contributed by atoms with Crippen LogP contribution in [-0.2, 0) is 6.42 Å². The largest absolute Gasteiger partial charge is 0.309 e. The summed E-state index contributed by atoms with van der Waals surface area (Å²) in [6.45, 7) is 0. The zero-order valence-electron chi connectivity index (χ0n) is 7.77. The van der Waals surface area contributed by atoms with Gasteiger partial charge in [-0.15, -0.1) is 0 Å². The van der Waals surface area contributed by atoms with Gasteiger partial charge in [0.1, 0.15) is 5.82 Å². The van der Waals surface area contributed by atoms with E-state index in [1.807, 2.05) is 34.7 Å². The first-order valence-corrected chi connectivity index (χ1v) is 5.46. The quantitative estimate of drug-likeness (QED) is 0.852. The molecule has 15 heavy (non-hydrogen) atoms. The Hall–Kier alpha value is -1.24. The van der Waals surface area contributed by atoms with Crippen molar-refractivity contribution in [3.8, 4) is 0 Å². The van der Waals surface area contributed by atoms with E-state index in [1.54, 1.807) is 18.6 Å². The van der Waals surface area contributed by atoms with Crippen LogP contribution in [0.15, 0.2) is 35.5 Å². The van der Waals surface area contributed by atoms with Gasteiger partial charge in [0.15, 0.2) is 0 Å². The van der Waals surface area contributed by atoms with Gasteiger partial charge in [-0.1, -0.05) is 0 Å². The second-order valence-corrected chi connectivity index (χ2v) is 4.20. The summed E-state index contributed by atoms with van der Waals surface area (Å²) in [6.07, 6.45) is 5.64. The van der Waals surface area contributed by atoms with Crippen LogP contribution in [-0.4, -0.2) is 15.0 Å². The molecule has 0 radical (unpaired) electrons. The molecule has 0 atom stereocenters. The Balaban J connectivity index is 2.26. The molecule has 0 saturated carbocycles. The van der Waals surface area contributed by atoms with E-state index in [1.165, 1.54) is 0 Å². The predicted octanol–water partition coefficient (Wildman–Crippen LogP) is 1.36. The molecule has 0 spiro atoms. The number of pyridine rings is 1. The van der Waals surface area contributed by atoms with Gasteiger partial charge in [0.2, 0.25) is 0 Å². The lowest BCUT2D eigenvalue weighted by atomic mass is 10.2. The number of nitrogens with zero attached hydrogens (tertiary/aromatic N) is 2. The van der Waals surface area contributed by atoms with E-state index in [-0.39, 0.29) is 5.56 Å². The summed E-state index contributed by atoms with van der Waals surface area (Å²) in [7, 11) is 0. The molecule has 0 aliphatic carbocycles. The van der Waals surface area contributed by atoms with E-state index < -0.39 is 0 Å². The fourth-order valence-corrected chi connectivity index (χ4v) is 1.47. The summed E-state index contributed by atoms with van der Waals surface area (Å²) < 4.78 is 0.603. The maximum atomic E-state index is 11.3. The number of nitrogens with one attached hydrogen (secondary N) is 1. The van der Waals surface area contributed by atoms with Crippen molar-refractivity contribution in [2.45, 2.75) is 6.42 Å². The highest BCUT2D eigenvalue weighted by atomic mass is 127. The Morgan fingerprint density at radius 2 is 2.07 bits per heavy atom. The summed E-state index contributed by atoms with van der Waals surface area (Å²) in [4.78, 5) is 22.1. The first kappa shape index (κ1) is 10.3. The number of aromatic nitrogens is 3. The number of H-pyrrole nitrogens is 1. The normalized spacial score (nSPS) is 10.2. The van der Waals surface area contributed by atoms with Crippen LogP contribution in [0.2, 0.25) is 0 Å². The summed E-state index contributed by atoms with van der Waals surface area (Å²) in [6, 6.07) is 3.80. The smallest absolute Gasteiger partial charge is 0.264 e. The lowest BCUT2D eigenvalue weighted by molar-refractivity contribution is 0.934. The summed E-state index contributed by atoms with van der Waals surface area (Å²) in [5.74, 6) is 0.673. The van der Waals surface area contributed by atoms with E-state index in [4.69, 9.17) is 0 Å². The molecule has 2 rings (SSSR count). The van der Waals surface area contributed by atoms with Crippen molar-refractivity contribution in [1.29, 1.82) is 0 Å². The monoisotopic (exact) mass is 313 g/mol. The minimum atomic E-state index is -0.0883. The van der Waals surface area contributed by atoms with Crippen molar-refractivity contribution in [2.24, 2.45) is 0 Å². The Kier molecular flexibility index (Phi) is 3.10. The van der Waals surface area contributed by atoms with Crippen LogP contribution in [0.25, 0.3) is 0 Å². The molecule has 1 N–H and O–H groups in total. The van der Waals surface area contributed by atoms with Gasteiger partial charge >= 0.3 is 0 Å².